The number of allylic oxidation sites excluding steroid dienone is 3. The number of carbonyl (C=O) groups is 1. The molecular formula is C22H22N2O. The molecule has 0 saturated heterocycles. The van der Waals surface area contributed by atoms with Crippen molar-refractivity contribution in [3.8, 4) is 0 Å². The number of benzene rings is 1. The summed E-state index contributed by atoms with van der Waals surface area (Å²) in [6.45, 7) is 0. The number of aromatic nitrogens is 1. The van der Waals surface area contributed by atoms with Crippen LogP contribution in [0.1, 0.15) is 44.1 Å². The van der Waals surface area contributed by atoms with Gasteiger partial charge >= 0.3 is 0 Å². The minimum absolute atomic E-state index is 0.142. The summed E-state index contributed by atoms with van der Waals surface area (Å²) >= 11 is 0. The van der Waals surface area contributed by atoms with Gasteiger partial charge in [-0.25, -0.2) is 0 Å². The molecule has 0 bridgehead atoms. The Bertz CT molecular complexity index is 925. The summed E-state index contributed by atoms with van der Waals surface area (Å²) in [5, 5.41) is 4.88. The number of carbonyl (C=O) groups excluding carboxylic acids is 1. The number of nitrogens with zero attached hydrogens (tertiary/aromatic N) is 1. The number of Topliss-reactive ketones (excluding diaryl/α,β-unsaturated/α-hetero) is 1. The standard InChI is InChI=1S/C22H22N2O/c25-19-12-6-10-16-20-15-9-4-5-11-17(15)23-13-18(20)24-22(21(16)19)14-7-2-1-3-8-14/h1-2,4-5,9,11,13-14,22,24H,3,6-8,10,12H2. The highest BCUT2D eigenvalue weighted by molar-refractivity contribution is 6.11. The van der Waals surface area contributed by atoms with E-state index in [1.807, 2.05) is 12.3 Å². The molecule has 2 atom stereocenters. The zero-order chi connectivity index (χ0) is 16.8. The third-order valence-corrected chi connectivity index (χ3v) is 5.94. The van der Waals surface area contributed by atoms with E-state index in [1.54, 1.807) is 0 Å². The summed E-state index contributed by atoms with van der Waals surface area (Å²) in [5.41, 5.74) is 5.67. The smallest absolute Gasteiger partial charge is 0.161 e. The minimum atomic E-state index is 0.142. The van der Waals surface area contributed by atoms with Crippen LogP contribution in [0.25, 0.3) is 16.5 Å². The summed E-state index contributed by atoms with van der Waals surface area (Å²) in [6, 6.07) is 8.42. The normalized spacial score (nSPS) is 25.5. The van der Waals surface area contributed by atoms with E-state index in [1.165, 1.54) is 11.1 Å². The minimum Gasteiger partial charge on any atom is -0.376 e. The fourth-order valence-electron chi connectivity index (χ4n) is 4.77. The van der Waals surface area contributed by atoms with Crippen LogP contribution in [-0.4, -0.2) is 16.8 Å². The number of para-hydroxylation sites is 1. The Morgan fingerprint density at radius 3 is 2.92 bits per heavy atom. The Morgan fingerprint density at radius 1 is 1.12 bits per heavy atom. The van der Waals surface area contributed by atoms with Crippen molar-refractivity contribution < 1.29 is 4.79 Å². The van der Waals surface area contributed by atoms with E-state index < -0.39 is 0 Å². The third-order valence-electron chi connectivity index (χ3n) is 5.94. The zero-order valence-electron chi connectivity index (χ0n) is 14.3. The van der Waals surface area contributed by atoms with E-state index >= 15 is 0 Å². The van der Waals surface area contributed by atoms with Gasteiger partial charge in [0.25, 0.3) is 0 Å². The van der Waals surface area contributed by atoms with E-state index in [-0.39, 0.29) is 6.04 Å². The second-order valence-corrected chi connectivity index (χ2v) is 7.40. The topological polar surface area (TPSA) is 42.0 Å². The van der Waals surface area contributed by atoms with Gasteiger partial charge in [0.2, 0.25) is 0 Å². The average molecular weight is 330 g/mol. The lowest BCUT2D eigenvalue weighted by molar-refractivity contribution is -0.116. The molecule has 25 heavy (non-hydrogen) atoms. The maximum Gasteiger partial charge on any atom is 0.161 e. The quantitative estimate of drug-likeness (QED) is 0.757. The molecule has 5 rings (SSSR count). The Balaban J connectivity index is 1.73. The molecule has 0 fully saturated rings. The lowest BCUT2D eigenvalue weighted by Crippen LogP contribution is -2.39. The van der Waals surface area contributed by atoms with Gasteiger partial charge in [0, 0.05) is 22.9 Å². The number of anilines is 1. The molecule has 2 aromatic rings. The van der Waals surface area contributed by atoms with Gasteiger partial charge in [-0.05, 0) is 49.7 Å². The summed E-state index contributed by atoms with van der Waals surface area (Å²) in [4.78, 5) is 17.5. The molecule has 3 aliphatic rings. The van der Waals surface area contributed by atoms with Crippen LogP contribution in [-0.2, 0) is 4.79 Å². The van der Waals surface area contributed by atoms with Crippen molar-refractivity contribution in [2.24, 2.45) is 5.92 Å². The molecule has 0 saturated carbocycles. The van der Waals surface area contributed by atoms with Crippen molar-refractivity contribution in [2.45, 2.75) is 44.6 Å². The molecule has 1 aliphatic heterocycles. The van der Waals surface area contributed by atoms with Crippen LogP contribution in [0.4, 0.5) is 5.69 Å². The lowest BCUT2D eigenvalue weighted by Gasteiger charge is -2.39. The number of rotatable bonds is 1. The predicted molar refractivity (Wildman–Crippen MR) is 101 cm³/mol. The van der Waals surface area contributed by atoms with Gasteiger partial charge in [-0.1, -0.05) is 30.4 Å². The second kappa shape index (κ2) is 5.83. The average Bonchev–Trinajstić information content (AvgIpc) is 2.68. The number of ketones is 1. The van der Waals surface area contributed by atoms with Crippen LogP contribution in [0.5, 0.6) is 0 Å². The monoisotopic (exact) mass is 330 g/mol. The Hall–Kier alpha value is -2.42. The first-order valence-electron chi connectivity index (χ1n) is 9.39. The van der Waals surface area contributed by atoms with E-state index in [0.717, 1.165) is 54.3 Å². The molecule has 3 nitrogen and oxygen atoms in total. The number of nitrogens with one attached hydrogen (secondary N) is 1. The van der Waals surface area contributed by atoms with Gasteiger partial charge in [0.05, 0.1) is 23.4 Å². The summed E-state index contributed by atoms with van der Waals surface area (Å²) < 4.78 is 0. The summed E-state index contributed by atoms with van der Waals surface area (Å²) in [5.74, 6) is 0.844. The molecule has 1 N–H and O–H groups in total. The van der Waals surface area contributed by atoms with Gasteiger partial charge in [0.15, 0.2) is 5.78 Å². The summed E-state index contributed by atoms with van der Waals surface area (Å²) in [7, 11) is 0. The molecule has 3 heteroatoms. The molecular weight excluding hydrogens is 308 g/mol. The van der Waals surface area contributed by atoms with Crippen LogP contribution in [0.2, 0.25) is 0 Å². The molecule has 1 aromatic carbocycles. The summed E-state index contributed by atoms with van der Waals surface area (Å²) in [6.07, 6.45) is 12.5. The van der Waals surface area contributed by atoms with E-state index in [9.17, 15) is 4.79 Å². The van der Waals surface area contributed by atoms with Crippen LogP contribution in [0.15, 0.2) is 48.2 Å². The number of fused-ring (bicyclic) bond motifs is 4. The molecule has 2 heterocycles. The van der Waals surface area contributed by atoms with E-state index in [0.29, 0.717) is 18.1 Å². The maximum absolute atomic E-state index is 12.9. The van der Waals surface area contributed by atoms with Gasteiger partial charge in [0.1, 0.15) is 0 Å². The van der Waals surface area contributed by atoms with Gasteiger partial charge in [-0.2, -0.15) is 0 Å². The van der Waals surface area contributed by atoms with Crippen molar-refractivity contribution >= 4 is 27.9 Å². The molecule has 1 aromatic heterocycles. The van der Waals surface area contributed by atoms with E-state index in [2.05, 4.69) is 40.7 Å². The highest BCUT2D eigenvalue weighted by Crippen LogP contribution is 2.45. The number of pyridine rings is 1. The first-order chi connectivity index (χ1) is 12.3. The SMILES string of the molecule is O=C1CCCC2=C1C(C1CC=CCC1)Nc1cnc3ccccc3c12. The fraction of sp³-hybridized carbons (Fsp3) is 0.364. The van der Waals surface area contributed by atoms with Crippen LogP contribution in [0.3, 0.4) is 0 Å². The highest BCUT2D eigenvalue weighted by atomic mass is 16.1. The Kier molecular flexibility index (Phi) is 3.47. The first kappa shape index (κ1) is 14.9. The molecule has 0 radical (unpaired) electrons. The van der Waals surface area contributed by atoms with Crippen molar-refractivity contribution in [3.05, 3.63) is 53.8 Å². The molecule has 0 spiro atoms. The Morgan fingerprint density at radius 2 is 2.04 bits per heavy atom. The highest BCUT2D eigenvalue weighted by Gasteiger charge is 2.37. The third kappa shape index (κ3) is 2.33. The van der Waals surface area contributed by atoms with Gasteiger partial charge < -0.3 is 5.32 Å². The molecule has 2 unspecified atom stereocenters. The van der Waals surface area contributed by atoms with E-state index in [4.69, 9.17) is 0 Å². The number of hydrogen-bond donors (Lipinski definition) is 1. The van der Waals surface area contributed by atoms with Crippen LogP contribution in [0, 0.1) is 5.92 Å². The van der Waals surface area contributed by atoms with Crippen LogP contribution >= 0.6 is 0 Å². The molecule has 126 valence electrons. The predicted octanol–water partition coefficient (Wildman–Crippen LogP) is 4.89. The van der Waals surface area contributed by atoms with Crippen molar-refractivity contribution in [1.29, 1.82) is 0 Å². The van der Waals surface area contributed by atoms with Gasteiger partial charge in [-0.15, -0.1) is 0 Å². The largest absolute Gasteiger partial charge is 0.376 e. The molecule has 2 aliphatic carbocycles. The fourth-order valence-corrected chi connectivity index (χ4v) is 4.77. The van der Waals surface area contributed by atoms with Gasteiger partial charge in [-0.3, -0.25) is 9.78 Å². The number of hydrogen-bond acceptors (Lipinski definition) is 3. The van der Waals surface area contributed by atoms with Crippen LogP contribution < -0.4 is 5.32 Å². The Labute approximate surface area is 147 Å². The van der Waals surface area contributed by atoms with Crippen molar-refractivity contribution in [2.75, 3.05) is 5.32 Å². The molecule has 0 amide bonds. The lowest BCUT2D eigenvalue weighted by atomic mass is 9.73. The second-order valence-electron chi connectivity index (χ2n) is 7.40. The zero-order valence-corrected chi connectivity index (χ0v) is 14.3. The van der Waals surface area contributed by atoms with Crippen molar-refractivity contribution in [3.63, 3.8) is 0 Å². The first-order valence-corrected chi connectivity index (χ1v) is 9.39. The maximum atomic E-state index is 12.9. The van der Waals surface area contributed by atoms with Crippen molar-refractivity contribution in [1.82, 2.24) is 4.98 Å².